The van der Waals surface area contributed by atoms with E-state index in [-0.39, 0.29) is 0 Å². The predicted octanol–water partition coefficient (Wildman–Crippen LogP) is 3.89. The number of aromatic nitrogens is 1. The van der Waals surface area contributed by atoms with Crippen LogP contribution in [-0.4, -0.2) is 28.9 Å². The van der Waals surface area contributed by atoms with Crippen LogP contribution in [0, 0.1) is 5.92 Å². The van der Waals surface area contributed by atoms with Gasteiger partial charge in [0.05, 0.1) is 0 Å². The molecule has 1 saturated heterocycles. The van der Waals surface area contributed by atoms with E-state index in [9.17, 15) is 4.79 Å². The van der Waals surface area contributed by atoms with E-state index in [0.29, 0.717) is 24.2 Å². The maximum atomic E-state index is 12.4. The zero-order chi connectivity index (χ0) is 15.6. The lowest BCUT2D eigenvalue weighted by atomic mass is 9.95. The fourth-order valence-corrected chi connectivity index (χ4v) is 3.66. The minimum Gasteiger partial charge on any atom is -0.440 e. The van der Waals surface area contributed by atoms with Gasteiger partial charge in [-0.15, -0.1) is 0 Å². The molecule has 1 aromatic carbocycles. The summed E-state index contributed by atoms with van der Waals surface area (Å²) in [6.45, 7) is 1.64. The second kappa shape index (κ2) is 6.19. The van der Waals surface area contributed by atoms with E-state index in [0.717, 1.165) is 55.8 Å². The smallest absolute Gasteiger partial charge is 0.223 e. The number of amides is 1. The Morgan fingerprint density at radius 1 is 1.22 bits per heavy atom. The van der Waals surface area contributed by atoms with Crippen LogP contribution in [0.2, 0.25) is 0 Å². The summed E-state index contributed by atoms with van der Waals surface area (Å²) in [7, 11) is 0. The first-order chi connectivity index (χ1) is 11.3. The van der Waals surface area contributed by atoms with Crippen molar-refractivity contribution in [3.05, 3.63) is 42.3 Å². The molecule has 4 rings (SSSR count). The van der Waals surface area contributed by atoms with Crippen LogP contribution in [0.3, 0.4) is 0 Å². The average molecular weight is 310 g/mol. The minimum atomic E-state index is 0.303. The molecule has 4 heteroatoms. The lowest BCUT2D eigenvalue weighted by Crippen LogP contribution is -2.38. The van der Waals surface area contributed by atoms with Crippen molar-refractivity contribution in [2.24, 2.45) is 5.92 Å². The maximum absolute atomic E-state index is 12.4. The summed E-state index contributed by atoms with van der Waals surface area (Å²) in [5.41, 5.74) is 1.78. The van der Waals surface area contributed by atoms with Crippen LogP contribution < -0.4 is 0 Å². The first kappa shape index (κ1) is 14.5. The maximum Gasteiger partial charge on any atom is 0.223 e. The van der Waals surface area contributed by atoms with Crippen LogP contribution in [-0.2, 0) is 4.79 Å². The average Bonchev–Trinajstić information content (AvgIpc) is 3.24. The zero-order valence-corrected chi connectivity index (χ0v) is 13.3. The van der Waals surface area contributed by atoms with Gasteiger partial charge < -0.3 is 9.32 Å². The van der Waals surface area contributed by atoms with Gasteiger partial charge in [-0.3, -0.25) is 4.79 Å². The van der Waals surface area contributed by atoms with Gasteiger partial charge in [-0.1, -0.05) is 24.3 Å². The summed E-state index contributed by atoms with van der Waals surface area (Å²) in [5.74, 6) is 1.92. The summed E-state index contributed by atoms with van der Waals surface area (Å²) in [6, 6.07) is 7.89. The number of benzene rings is 1. The number of oxazole rings is 1. The molecule has 0 spiro atoms. The number of fused-ring (bicyclic) bond motifs is 1. The molecule has 1 atom stereocenters. The van der Waals surface area contributed by atoms with E-state index in [2.05, 4.69) is 17.1 Å². The second-order valence-corrected chi connectivity index (χ2v) is 6.64. The number of likely N-dealkylation sites (tertiary alicyclic amines) is 1. The van der Waals surface area contributed by atoms with Gasteiger partial charge in [0, 0.05) is 25.4 Å². The van der Waals surface area contributed by atoms with Crippen LogP contribution in [0.1, 0.15) is 43.9 Å². The van der Waals surface area contributed by atoms with Crippen LogP contribution in [0.25, 0.3) is 11.1 Å². The van der Waals surface area contributed by atoms with E-state index in [1.807, 2.05) is 29.2 Å². The number of hydrogen-bond donors (Lipinski definition) is 0. The minimum absolute atomic E-state index is 0.303. The van der Waals surface area contributed by atoms with Crippen molar-refractivity contribution in [3.8, 4) is 0 Å². The zero-order valence-electron chi connectivity index (χ0n) is 13.3. The lowest BCUT2D eigenvalue weighted by Gasteiger charge is -2.31. The van der Waals surface area contributed by atoms with E-state index in [4.69, 9.17) is 4.42 Å². The molecule has 0 radical (unpaired) electrons. The van der Waals surface area contributed by atoms with Gasteiger partial charge >= 0.3 is 0 Å². The Hall–Kier alpha value is -2.10. The van der Waals surface area contributed by atoms with Crippen molar-refractivity contribution in [1.29, 1.82) is 0 Å². The molecule has 2 aromatic rings. The first-order valence-electron chi connectivity index (χ1n) is 8.59. The fraction of sp³-hybridized carbons (Fsp3) is 0.474. The molecule has 4 nitrogen and oxygen atoms in total. The molecule has 23 heavy (non-hydrogen) atoms. The van der Waals surface area contributed by atoms with Gasteiger partial charge in [0.15, 0.2) is 11.5 Å². The predicted molar refractivity (Wildman–Crippen MR) is 89.0 cm³/mol. The Labute approximate surface area is 136 Å². The topological polar surface area (TPSA) is 46.3 Å². The molecule has 0 saturated carbocycles. The number of piperidine rings is 1. The highest BCUT2D eigenvalue weighted by molar-refractivity contribution is 5.77. The molecule has 2 aliphatic rings. The monoisotopic (exact) mass is 310 g/mol. The van der Waals surface area contributed by atoms with E-state index in [1.54, 1.807) is 0 Å². The number of carbonyl (C=O) groups is 1. The quantitative estimate of drug-likeness (QED) is 0.808. The highest BCUT2D eigenvalue weighted by Crippen LogP contribution is 2.30. The number of allylic oxidation sites excluding steroid dienone is 2. The Kier molecular flexibility index (Phi) is 3.90. The molecule has 1 unspecified atom stereocenters. The summed E-state index contributed by atoms with van der Waals surface area (Å²) >= 11 is 0. The Balaban J connectivity index is 1.36. The second-order valence-electron chi connectivity index (χ2n) is 6.64. The molecule has 1 amide bonds. The molecule has 1 fully saturated rings. The molecule has 1 aliphatic heterocycles. The number of carbonyl (C=O) groups excluding carboxylic acids is 1. The van der Waals surface area contributed by atoms with Crippen molar-refractivity contribution in [2.45, 2.75) is 38.0 Å². The standard InChI is InChI=1S/C19H22N2O2/c22-18(13-14-5-1-2-6-14)21-11-9-15(10-12-21)19-20-16-7-3-4-8-17(16)23-19/h1,3-5,7-8,14-15H,2,6,9-13H2. The molecule has 1 aromatic heterocycles. The molecule has 0 N–H and O–H groups in total. The number of rotatable bonds is 3. The molecular weight excluding hydrogens is 288 g/mol. The van der Waals surface area contributed by atoms with E-state index in [1.165, 1.54) is 0 Å². The summed E-state index contributed by atoms with van der Waals surface area (Å²) < 4.78 is 5.89. The van der Waals surface area contributed by atoms with Crippen molar-refractivity contribution in [3.63, 3.8) is 0 Å². The summed E-state index contributed by atoms with van der Waals surface area (Å²) in [5, 5.41) is 0. The summed E-state index contributed by atoms with van der Waals surface area (Å²) in [4.78, 5) is 19.0. The van der Waals surface area contributed by atoms with Gasteiger partial charge in [0.25, 0.3) is 0 Å². The Bertz CT molecular complexity index is 693. The highest BCUT2D eigenvalue weighted by Gasteiger charge is 2.28. The normalized spacial score (nSPS) is 22.1. The molecule has 2 heterocycles. The van der Waals surface area contributed by atoms with Gasteiger partial charge in [0.2, 0.25) is 5.91 Å². The molecule has 120 valence electrons. The Morgan fingerprint density at radius 2 is 2.04 bits per heavy atom. The van der Waals surface area contributed by atoms with Crippen molar-refractivity contribution in [1.82, 2.24) is 9.88 Å². The van der Waals surface area contributed by atoms with E-state index < -0.39 is 0 Å². The highest BCUT2D eigenvalue weighted by atomic mass is 16.3. The lowest BCUT2D eigenvalue weighted by molar-refractivity contribution is -0.133. The molecular formula is C19H22N2O2. The third-order valence-electron chi connectivity index (χ3n) is 5.06. The van der Waals surface area contributed by atoms with Crippen LogP contribution >= 0.6 is 0 Å². The van der Waals surface area contributed by atoms with Crippen molar-refractivity contribution in [2.75, 3.05) is 13.1 Å². The molecule has 1 aliphatic carbocycles. The number of nitrogens with zero attached hydrogens (tertiary/aromatic N) is 2. The Morgan fingerprint density at radius 3 is 2.78 bits per heavy atom. The van der Waals surface area contributed by atoms with E-state index >= 15 is 0 Å². The van der Waals surface area contributed by atoms with Crippen molar-refractivity contribution < 1.29 is 9.21 Å². The first-order valence-corrected chi connectivity index (χ1v) is 8.59. The van der Waals surface area contributed by atoms with Crippen molar-refractivity contribution >= 4 is 17.0 Å². The van der Waals surface area contributed by atoms with Gasteiger partial charge in [-0.2, -0.15) is 0 Å². The number of hydrogen-bond acceptors (Lipinski definition) is 3. The molecule has 0 bridgehead atoms. The van der Waals surface area contributed by atoms with Gasteiger partial charge in [-0.25, -0.2) is 4.98 Å². The van der Waals surface area contributed by atoms with Crippen LogP contribution in [0.4, 0.5) is 0 Å². The van der Waals surface area contributed by atoms with Gasteiger partial charge in [0.1, 0.15) is 5.52 Å². The largest absolute Gasteiger partial charge is 0.440 e. The van der Waals surface area contributed by atoms with Gasteiger partial charge in [-0.05, 0) is 43.7 Å². The van der Waals surface area contributed by atoms with Crippen LogP contribution in [0.5, 0.6) is 0 Å². The fourth-order valence-electron chi connectivity index (χ4n) is 3.66. The SMILES string of the molecule is O=C(CC1C=CCC1)N1CCC(c2nc3ccccc3o2)CC1. The third kappa shape index (κ3) is 3.03. The third-order valence-corrected chi connectivity index (χ3v) is 5.06. The number of para-hydroxylation sites is 2. The summed E-state index contributed by atoms with van der Waals surface area (Å²) in [6.07, 6.45) is 9.20. The van der Waals surface area contributed by atoms with Crippen LogP contribution in [0.15, 0.2) is 40.8 Å².